The van der Waals surface area contributed by atoms with E-state index in [1.807, 2.05) is 41.5 Å². The number of likely N-dealkylation sites (N-methyl/N-ethyl adjacent to an activating group) is 2. The van der Waals surface area contributed by atoms with Crippen LogP contribution >= 0.6 is 0 Å². The molecule has 9 atom stereocenters. The number of rotatable bonds is 21. The number of ether oxygens (including phenoxy) is 2. The molecule has 1 aromatic rings. The number of amides is 4. The van der Waals surface area contributed by atoms with Gasteiger partial charge in [-0.05, 0) is 55.3 Å². The first-order chi connectivity index (χ1) is 24.9. The number of aliphatic carboxylic acids is 1. The molecular weight excluding hydrogens is 685 g/mol. The van der Waals surface area contributed by atoms with Gasteiger partial charge in [0.05, 0.1) is 42.7 Å². The Morgan fingerprint density at radius 2 is 1.62 bits per heavy atom. The molecule has 1 aliphatic heterocycles. The van der Waals surface area contributed by atoms with Crippen LogP contribution in [0.1, 0.15) is 79.7 Å². The zero-order valence-corrected chi connectivity index (χ0v) is 33.5. The molecule has 300 valence electrons. The molecule has 1 aliphatic rings. The van der Waals surface area contributed by atoms with Gasteiger partial charge >= 0.3 is 5.97 Å². The van der Waals surface area contributed by atoms with Crippen molar-refractivity contribution in [2.45, 2.75) is 123 Å². The van der Waals surface area contributed by atoms with Gasteiger partial charge in [-0.25, -0.2) is 9.18 Å². The molecule has 0 aromatic heterocycles. The molecule has 1 saturated heterocycles. The van der Waals surface area contributed by atoms with E-state index in [0.717, 1.165) is 0 Å². The van der Waals surface area contributed by atoms with Crippen molar-refractivity contribution < 1.29 is 42.9 Å². The molecule has 0 bridgehead atoms. The van der Waals surface area contributed by atoms with Crippen molar-refractivity contribution in [3.8, 4) is 0 Å². The Morgan fingerprint density at radius 3 is 2.13 bits per heavy atom. The molecule has 4 amide bonds. The summed E-state index contributed by atoms with van der Waals surface area (Å²) in [5.41, 5.74) is 0.426. The number of hydrogen-bond donors (Lipinski definition) is 4. The Bertz CT molecular complexity index is 1380. The third kappa shape index (κ3) is 12.2. The zero-order chi connectivity index (χ0) is 40.2. The van der Waals surface area contributed by atoms with E-state index in [0.29, 0.717) is 31.4 Å². The number of nitrogens with one attached hydrogen (secondary N) is 3. The van der Waals surface area contributed by atoms with Crippen molar-refractivity contribution in [3.63, 3.8) is 0 Å². The number of likely N-dealkylation sites (tertiary alicyclic amines) is 1. The van der Waals surface area contributed by atoms with Crippen LogP contribution in [-0.4, -0.2) is 122 Å². The number of carbonyl (C=O) groups is 5. The number of carboxylic acids is 1. The first-order valence-corrected chi connectivity index (χ1v) is 18.8. The topological polar surface area (TPSA) is 167 Å². The summed E-state index contributed by atoms with van der Waals surface area (Å²) >= 11 is 0. The lowest BCUT2D eigenvalue weighted by atomic mass is 9.89. The summed E-state index contributed by atoms with van der Waals surface area (Å²) in [7, 11) is 6.37. The molecule has 4 N–H and O–H groups in total. The number of benzene rings is 1. The van der Waals surface area contributed by atoms with E-state index in [1.54, 1.807) is 36.9 Å². The minimum atomic E-state index is -1.30. The third-order valence-electron chi connectivity index (χ3n) is 10.7. The van der Waals surface area contributed by atoms with Gasteiger partial charge in [0.2, 0.25) is 23.6 Å². The standard InChI is InChI=1S/C39H64FN5O8/c1-12-24(6)34(44(9)38(49)33(23(4)5)43-37(48)32(41-8)22(2)3)30(52-10)21-31(46)45-18-14-17-29(45)35(53-11)25(7)36(47)42-28(39(50)51)20-26-15-13-16-27(40)19-26/h13,15-16,19,22-25,28-30,32-35,41H,12,14,17-18,20-21H2,1-11H3,(H,42,47)(H,43,48)(H,50,51)/t24-,25+,28-,29-,30+,32-,33-,34+,35+/m0/s1. The summed E-state index contributed by atoms with van der Waals surface area (Å²) < 4.78 is 25.5. The average molecular weight is 750 g/mol. The number of carbonyl (C=O) groups excluding carboxylic acids is 4. The van der Waals surface area contributed by atoms with E-state index in [4.69, 9.17) is 9.47 Å². The molecule has 0 aliphatic carbocycles. The summed E-state index contributed by atoms with van der Waals surface area (Å²) in [4.78, 5) is 70.2. The summed E-state index contributed by atoms with van der Waals surface area (Å²) in [6.07, 6.45) is 0.360. The van der Waals surface area contributed by atoms with Crippen LogP contribution in [-0.2, 0) is 39.9 Å². The molecule has 1 fully saturated rings. The summed E-state index contributed by atoms with van der Waals surface area (Å²) in [6, 6.07) is 2.02. The van der Waals surface area contributed by atoms with Gasteiger partial charge in [-0.2, -0.15) is 0 Å². The van der Waals surface area contributed by atoms with Crippen LogP contribution in [0.5, 0.6) is 0 Å². The minimum absolute atomic E-state index is 0.00955. The predicted molar refractivity (Wildman–Crippen MR) is 200 cm³/mol. The lowest BCUT2D eigenvalue weighted by molar-refractivity contribution is -0.148. The minimum Gasteiger partial charge on any atom is -0.480 e. The number of halogens is 1. The zero-order valence-electron chi connectivity index (χ0n) is 33.5. The Labute approximate surface area is 315 Å². The van der Waals surface area contributed by atoms with Crippen LogP contribution in [0.2, 0.25) is 0 Å². The highest BCUT2D eigenvalue weighted by atomic mass is 19.1. The monoisotopic (exact) mass is 749 g/mol. The smallest absolute Gasteiger partial charge is 0.326 e. The highest BCUT2D eigenvalue weighted by Gasteiger charge is 2.43. The fourth-order valence-electron chi connectivity index (χ4n) is 7.45. The quantitative estimate of drug-likeness (QED) is 0.148. The average Bonchev–Trinajstić information content (AvgIpc) is 3.59. The first-order valence-electron chi connectivity index (χ1n) is 18.8. The fourth-order valence-corrected chi connectivity index (χ4v) is 7.45. The van der Waals surface area contributed by atoms with Gasteiger partial charge in [0.1, 0.15) is 17.9 Å². The molecule has 0 radical (unpaired) electrons. The molecule has 0 spiro atoms. The van der Waals surface area contributed by atoms with Crippen LogP contribution in [0, 0.1) is 29.5 Å². The van der Waals surface area contributed by atoms with E-state index >= 15 is 0 Å². The van der Waals surface area contributed by atoms with E-state index in [1.165, 1.54) is 32.4 Å². The normalized spacial score (nSPS) is 19.1. The van der Waals surface area contributed by atoms with Crippen molar-refractivity contribution in [2.24, 2.45) is 23.7 Å². The Kier molecular flexibility index (Phi) is 18.3. The van der Waals surface area contributed by atoms with Crippen LogP contribution in [0.25, 0.3) is 0 Å². The van der Waals surface area contributed by atoms with Crippen molar-refractivity contribution >= 4 is 29.6 Å². The van der Waals surface area contributed by atoms with Gasteiger partial charge in [0.15, 0.2) is 0 Å². The van der Waals surface area contributed by atoms with E-state index < -0.39 is 66.0 Å². The highest BCUT2D eigenvalue weighted by molar-refractivity contribution is 5.90. The second-order valence-corrected chi connectivity index (χ2v) is 15.1. The van der Waals surface area contributed by atoms with Crippen molar-refractivity contribution in [1.82, 2.24) is 25.8 Å². The summed E-state index contributed by atoms with van der Waals surface area (Å²) in [5, 5.41) is 18.4. The molecule has 1 heterocycles. The molecule has 1 aromatic carbocycles. The van der Waals surface area contributed by atoms with E-state index in [2.05, 4.69) is 16.0 Å². The second kappa shape index (κ2) is 21.3. The number of methoxy groups -OCH3 is 2. The lowest BCUT2D eigenvalue weighted by Crippen LogP contribution is -2.59. The maximum atomic E-state index is 14.1. The number of hydrogen-bond acceptors (Lipinski definition) is 8. The largest absolute Gasteiger partial charge is 0.480 e. The molecule has 2 rings (SSSR count). The van der Waals surface area contributed by atoms with Crippen LogP contribution in [0.15, 0.2) is 24.3 Å². The predicted octanol–water partition coefficient (Wildman–Crippen LogP) is 3.24. The maximum absolute atomic E-state index is 14.1. The van der Waals surface area contributed by atoms with Crippen molar-refractivity contribution in [1.29, 1.82) is 0 Å². The Hall–Kier alpha value is -3.62. The second-order valence-electron chi connectivity index (χ2n) is 15.1. The van der Waals surface area contributed by atoms with Crippen molar-refractivity contribution in [3.05, 3.63) is 35.6 Å². The Morgan fingerprint density at radius 1 is 0.981 bits per heavy atom. The van der Waals surface area contributed by atoms with Gasteiger partial charge in [0, 0.05) is 34.2 Å². The van der Waals surface area contributed by atoms with Gasteiger partial charge in [0.25, 0.3) is 0 Å². The van der Waals surface area contributed by atoms with Gasteiger partial charge in [-0.15, -0.1) is 0 Å². The summed E-state index contributed by atoms with van der Waals surface area (Å²) in [5.74, 6) is -4.18. The molecule has 0 unspecified atom stereocenters. The third-order valence-corrected chi connectivity index (χ3v) is 10.7. The fraction of sp³-hybridized carbons (Fsp3) is 0.718. The molecule has 14 heteroatoms. The Balaban J connectivity index is 2.27. The lowest BCUT2D eigenvalue weighted by Gasteiger charge is -2.41. The van der Waals surface area contributed by atoms with Gasteiger partial charge in [-0.3, -0.25) is 19.2 Å². The number of carboxylic acid groups (broad SMARTS) is 1. The molecule has 53 heavy (non-hydrogen) atoms. The van der Waals surface area contributed by atoms with Gasteiger partial charge < -0.3 is 40.3 Å². The molecule has 13 nitrogen and oxygen atoms in total. The van der Waals surface area contributed by atoms with E-state index in [9.17, 15) is 33.5 Å². The SMILES string of the molecule is CC[C@H](C)[C@H]([C@@H](CC(=O)N1CCC[C@H]1[C@H](OC)[C@@H](C)C(=O)N[C@@H](Cc1cccc(F)c1)C(=O)O)OC)N(C)C(=O)[C@@H](NC(=O)[C@@H](NC)C(C)C)C(C)C. The van der Waals surface area contributed by atoms with E-state index in [-0.39, 0.29) is 48.3 Å². The van der Waals surface area contributed by atoms with Gasteiger partial charge in [-0.1, -0.05) is 67.0 Å². The first kappa shape index (κ1) is 45.5. The van der Waals surface area contributed by atoms with Crippen LogP contribution in [0.3, 0.4) is 0 Å². The molecular formula is C39H64FN5O8. The maximum Gasteiger partial charge on any atom is 0.326 e. The highest BCUT2D eigenvalue weighted by Crippen LogP contribution is 2.30. The number of nitrogens with zero attached hydrogens (tertiary/aromatic N) is 2. The summed E-state index contributed by atoms with van der Waals surface area (Å²) in [6.45, 7) is 13.7. The van der Waals surface area contributed by atoms with Crippen molar-refractivity contribution in [2.75, 3.05) is 34.9 Å². The molecule has 0 saturated carbocycles. The van der Waals surface area contributed by atoms with Crippen LogP contribution < -0.4 is 16.0 Å². The van der Waals surface area contributed by atoms with Crippen LogP contribution in [0.4, 0.5) is 4.39 Å².